The van der Waals surface area contributed by atoms with E-state index in [1.807, 2.05) is 19.1 Å². The largest absolute Gasteiger partial charge is 0.398 e. The van der Waals surface area contributed by atoms with Crippen LogP contribution in [0.3, 0.4) is 0 Å². The third-order valence-corrected chi connectivity index (χ3v) is 3.17. The Morgan fingerprint density at radius 3 is 2.65 bits per heavy atom. The van der Waals surface area contributed by atoms with E-state index in [9.17, 15) is 9.90 Å². The lowest BCUT2D eigenvalue weighted by atomic mass is 10.1. The van der Waals surface area contributed by atoms with Crippen LogP contribution in [0.15, 0.2) is 42.5 Å². The van der Waals surface area contributed by atoms with Gasteiger partial charge in [0.25, 0.3) is 5.91 Å². The minimum atomic E-state index is -0.568. The highest BCUT2D eigenvalue weighted by Gasteiger charge is 2.08. The van der Waals surface area contributed by atoms with Crippen LogP contribution in [-0.2, 0) is 0 Å². The minimum Gasteiger partial charge on any atom is -0.398 e. The van der Waals surface area contributed by atoms with Gasteiger partial charge in [-0.05, 0) is 49.2 Å². The summed E-state index contributed by atoms with van der Waals surface area (Å²) in [5.74, 6) is -0.223. The van der Waals surface area contributed by atoms with Crippen LogP contribution >= 0.6 is 0 Å². The first-order chi connectivity index (χ1) is 9.47. The fourth-order valence-electron chi connectivity index (χ4n) is 1.86. The van der Waals surface area contributed by atoms with Gasteiger partial charge in [0.1, 0.15) is 0 Å². The van der Waals surface area contributed by atoms with Gasteiger partial charge in [0, 0.05) is 16.9 Å². The summed E-state index contributed by atoms with van der Waals surface area (Å²) in [4.78, 5) is 12.1. The summed E-state index contributed by atoms with van der Waals surface area (Å²) in [6, 6.07) is 12.3. The summed E-state index contributed by atoms with van der Waals surface area (Å²) in [6.07, 6.45) is -0.568. The molecule has 0 radical (unpaired) electrons. The van der Waals surface area contributed by atoms with Crippen molar-refractivity contribution >= 4 is 17.3 Å². The Kier molecular flexibility index (Phi) is 4.05. The lowest BCUT2D eigenvalue weighted by Gasteiger charge is -2.10. The van der Waals surface area contributed by atoms with Gasteiger partial charge in [-0.1, -0.05) is 18.2 Å². The molecule has 0 bridgehead atoms. The second-order valence-corrected chi connectivity index (χ2v) is 4.83. The average Bonchev–Trinajstić information content (AvgIpc) is 2.42. The van der Waals surface area contributed by atoms with Crippen molar-refractivity contribution in [3.63, 3.8) is 0 Å². The van der Waals surface area contributed by atoms with Crippen LogP contribution in [0, 0.1) is 6.92 Å². The predicted octanol–water partition coefficient (Wildman–Crippen LogP) is 2.88. The molecule has 20 heavy (non-hydrogen) atoms. The van der Waals surface area contributed by atoms with Crippen LogP contribution in [0.1, 0.15) is 34.5 Å². The van der Waals surface area contributed by atoms with Gasteiger partial charge in [-0.15, -0.1) is 0 Å². The number of hydrogen-bond acceptors (Lipinski definition) is 3. The number of aliphatic hydroxyl groups excluding tert-OH is 1. The zero-order chi connectivity index (χ0) is 14.7. The van der Waals surface area contributed by atoms with E-state index in [2.05, 4.69) is 5.32 Å². The molecule has 0 aromatic heterocycles. The number of carbonyl (C=O) groups is 1. The highest BCUT2D eigenvalue weighted by molar-refractivity contribution is 6.04. The molecule has 2 rings (SSSR count). The summed E-state index contributed by atoms with van der Waals surface area (Å²) < 4.78 is 0. The van der Waals surface area contributed by atoms with E-state index in [-0.39, 0.29) is 5.91 Å². The number of aliphatic hydroxyl groups is 1. The van der Waals surface area contributed by atoms with Gasteiger partial charge >= 0.3 is 0 Å². The highest BCUT2D eigenvalue weighted by atomic mass is 16.3. The van der Waals surface area contributed by atoms with E-state index in [0.29, 0.717) is 16.9 Å². The quantitative estimate of drug-likeness (QED) is 0.751. The average molecular weight is 270 g/mol. The SMILES string of the molecule is Cc1ccc(C(=O)Nc2cccc([C@H](C)O)c2)cc1N. The summed E-state index contributed by atoms with van der Waals surface area (Å²) >= 11 is 0. The maximum Gasteiger partial charge on any atom is 0.255 e. The van der Waals surface area contributed by atoms with Crippen LogP contribution in [0.5, 0.6) is 0 Å². The predicted molar refractivity (Wildman–Crippen MR) is 80.6 cm³/mol. The number of nitrogens with two attached hydrogens (primary N) is 1. The zero-order valence-corrected chi connectivity index (χ0v) is 11.6. The van der Waals surface area contributed by atoms with Crippen LogP contribution < -0.4 is 11.1 Å². The molecule has 2 aromatic carbocycles. The monoisotopic (exact) mass is 270 g/mol. The van der Waals surface area contributed by atoms with Crippen LogP contribution in [0.25, 0.3) is 0 Å². The molecule has 0 heterocycles. The summed E-state index contributed by atoms with van der Waals surface area (Å²) in [5, 5.41) is 12.3. The first kappa shape index (κ1) is 14.1. The molecule has 0 aliphatic carbocycles. The molecule has 4 N–H and O–H groups in total. The molecule has 0 spiro atoms. The van der Waals surface area contributed by atoms with Gasteiger partial charge < -0.3 is 16.2 Å². The van der Waals surface area contributed by atoms with E-state index in [4.69, 9.17) is 5.73 Å². The molecule has 1 amide bonds. The number of amides is 1. The van der Waals surface area contributed by atoms with Crippen molar-refractivity contribution in [2.24, 2.45) is 0 Å². The van der Waals surface area contributed by atoms with Crippen molar-refractivity contribution < 1.29 is 9.90 Å². The Bertz CT molecular complexity index is 636. The molecule has 104 valence electrons. The van der Waals surface area contributed by atoms with Gasteiger partial charge in [-0.3, -0.25) is 4.79 Å². The molecule has 2 aromatic rings. The first-order valence-electron chi connectivity index (χ1n) is 6.43. The van der Waals surface area contributed by atoms with Crippen LogP contribution in [0.2, 0.25) is 0 Å². The molecule has 0 saturated carbocycles. The highest BCUT2D eigenvalue weighted by Crippen LogP contribution is 2.19. The Morgan fingerprint density at radius 1 is 1.25 bits per heavy atom. The van der Waals surface area contributed by atoms with E-state index >= 15 is 0 Å². The number of anilines is 2. The van der Waals surface area contributed by atoms with Crippen LogP contribution in [0.4, 0.5) is 11.4 Å². The van der Waals surface area contributed by atoms with Gasteiger partial charge in [0.05, 0.1) is 6.10 Å². The summed E-state index contributed by atoms with van der Waals surface area (Å²) in [7, 11) is 0. The number of nitrogens with one attached hydrogen (secondary N) is 1. The first-order valence-corrected chi connectivity index (χ1v) is 6.43. The van der Waals surface area contributed by atoms with Gasteiger partial charge in [0.2, 0.25) is 0 Å². The fourth-order valence-corrected chi connectivity index (χ4v) is 1.86. The topological polar surface area (TPSA) is 75.3 Å². The number of benzene rings is 2. The fraction of sp³-hybridized carbons (Fsp3) is 0.188. The third-order valence-electron chi connectivity index (χ3n) is 3.17. The Hall–Kier alpha value is -2.33. The number of rotatable bonds is 3. The Balaban J connectivity index is 2.19. The molecule has 4 heteroatoms. The molecule has 4 nitrogen and oxygen atoms in total. The second-order valence-electron chi connectivity index (χ2n) is 4.83. The van der Waals surface area contributed by atoms with Crippen molar-refractivity contribution in [3.8, 4) is 0 Å². The minimum absolute atomic E-state index is 0.223. The lowest BCUT2D eigenvalue weighted by molar-refractivity contribution is 0.102. The van der Waals surface area contributed by atoms with E-state index < -0.39 is 6.10 Å². The summed E-state index contributed by atoms with van der Waals surface area (Å²) in [6.45, 7) is 3.57. The number of nitrogen functional groups attached to an aromatic ring is 1. The maximum absolute atomic E-state index is 12.1. The molecule has 0 fully saturated rings. The zero-order valence-electron chi connectivity index (χ0n) is 11.6. The number of carbonyl (C=O) groups excluding carboxylic acids is 1. The lowest BCUT2D eigenvalue weighted by Crippen LogP contribution is -2.12. The maximum atomic E-state index is 12.1. The number of aryl methyl sites for hydroxylation is 1. The van der Waals surface area contributed by atoms with Crippen molar-refractivity contribution in [1.82, 2.24) is 0 Å². The molecule has 0 aliphatic heterocycles. The van der Waals surface area contributed by atoms with E-state index in [0.717, 1.165) is 11.1 Å². The Morgan fingerprint density at radius 2 is 2.00 bits per heavy atom. The van der Waals surface area contributed by atoms with Crippen molar-refractivity contribution in [1.29, 1.82) is 0 Å². The third kappa shape index (κ3) is 3.16. The van der Waals surface area contributed by atoms with Crippen molar-refractivity contribution in [2.75, 3.05) is 11.1 Å². The molecule has 0 saturated heterocycles. The molecule has 0 unspecified atom stereocenters. The molecular formula is C16H18N2O2. The molecule has 0 aliphatic rings. The molecule has 1 atom stereocenters. The smallest absolute Gasteiger partial charge is 0.255 e. The summed E-state index contributed by atoms with van der Waals surface area (Å²) in [5.41, 5.74) is 9.25. The van der Waals surface area contributed by atoms with E-state index in [1.165, 1.54) is 0 Å². The van der Waals surface area contributed by atoms with E-state index in [1.54, 1.807) is 37.3 Å². The van der Waals surface area contributed by atoms with Crippen LogP contribution in [-0.4, -0.2) is 11.0 Å². The van der Waals surface area contributed by atoms with Gasteiger partial charge in [-0.25, -0.2) is 0 Å². The van der Waals surface area contributed by atoms with Gasteiger partial charge in [0.15, 0.2) is 0 Å². The standard InChI is InChI=1S/C16H18N2O2/c1-10-6-7-13(9-15(10)17)16(20)18-14-5-3-4-12(8-14)11(2)19/h3-9,11,19H,17H2,1-2H3,(H,18,20)/t11-/m0/s1. The number of hydrogen-bond donors (Lipinski definition) is 3. The normalized spacial score (nSPS) is 11.9. The van der Waals surface area contributed by atoms with Gasteiger partial charge in [-0.2, -0.15) is 0 Å². The Labute approximate surface area is 118 Å². The van der Waals surface area contributed by atoms with Crippen molar-refractivity contribution in [2.45, 2.75) is 20.0 Å². The second kappa shape index (κ2) is 5.75. The van der Waals surface area contributed by atoms with Crippen molar-refractivity contribution in [3.05, 3.63) is 59.2 Å². The molecular weight excluding hydrogens is 252 g/mol.